The van der Waals surface area contributed by atoms with Gasteiger partial charge in [0, 0.05) is 67.8 Å². The van der Waals surface area contributed by atoms with Crippen molar-refractivity contribution in [3.63, 3.8) is 0 Å². The van der Waals surface area contributed by atoms with E-state index in [1.54, 1.807) is 18.5 Å². The first-order valence-corrected chi connectivity index (χ1v) is 17.6. The van der Waals surface area contributed by atoms with Gasteiger partial charge in [-0.05, 0) is 53.1 Å². The Bertz CT molecular complexity index is 2110. The molecule has 268 valence electrons. The molecule has 4 atom stereocenters. The molecular formula is C41H37N5O7. The number of aliphatic hydroxyl groups excluding tert-OH is 1. The molecule has 1 amide bonds. The van der Waals surface area contributed by atoms with E-state index >= 15 is 0 Å². The third kappa shape index (κ3) is 7.30. The summed E-state index contributed by atoms with van der Waals surface area (Å²) in [4.78, 5) is 50.8. The summed E-state index contributed by atoms with van der Waals surface area (Å²) < 4.78 is 18.5. The molecule has 4 unspecified atom stereocenters. The first-order valence-electron chi connectivity index (χ1n) is 17.6. The number of nitrogens with one attached hydrogen (secondary N) is 1. The van der Waals surface area contributed by atoms with E-state index < -0.39 is 30.2 Å². The number of esters is 2. The van der Waals surface area contributed by atoms with Crippen LogP contribution in [0.5, 0.6) is 0 Å². The average molecular weight is 712 g/mol. The summed E-state index contributed by atoms with van der Waals surface area (Å²) in [6.45, 7) is 3.75. The van der Waals surface area contributed by atoms with E-state index in [0.717, 1.165) is 48.8 Å². The number of aliphatic hydroxyl groups is 1. The third-order valence-corrected chi connectivity index (χ3v) is 9.94. The summed E-state index contributed by atoms with van der Waals surface area (Å²) in [6, 6.07) is 31.5. The van der Waals surface area contributed by atoms with Gasteiger partial charge >= 0.3 is 11.9 Å². The lowest BCUT2D eigenvalue weighted by Gasteiger charge is -2.45. The van der Waals surface area contributed by atoms with Crippen molar-refractivity contribution in [2.24, 2.45) is 0 Å². The van der Waals surface area contributed by atoms with Crippen molar-refractivity contribution in [1.29, 1.82) is 0 Å². The summed E-state index contributed by atoms with van der Waals surface area (Å²) in [7, 11) is 0. The van der Waals surface area contributed by atoms with Crippen LogP contribution in [0.25, 0.3) is 0 Å². The molecule has 0 saturated carbocycles. The zero-order chi connectivity index (χ0) is 36.3. The first-order chi connectivity index (χ1) is 25.9. The highest BCUT2D eigenvalue weighted by Crippen LogP contribution is 2.47. The Kier molecular flexibility index (Phi) is 9.74. The van der Waals surface area contributed by atoms with E-state index in [0.29, 0.717) is 17.8 Å². The summed E-state index contributed by atoms with van der Waals surface area (Å²) in [6.07, 6.45) is 2.05. The lowest BCUT2D eigenvalue weighted by Crippen LogP contribution is -2.51. The molecule has 12 nitrogen and oxygen atoms in total. The van der Waals surface area contributed by atoms with Crippen LogP contribution in [-0.2, 0) is 20.8 Å². The van der Waals surface area contributed by atoms with Crippen LogP contribution in [0.3, 0.4) is 0 Å². The Morgan fingerprint density at radius 3 is 2.25 bits per heavy atom. The fourth-order valence-electron chi connectivity index (χ4n) is 7.20. The maximum Gasteiger partial charge on any atom is 0.346 e. The van der Waals surface area contributed by atoms with Gasteiger partial charge in [0.15, 0.2) is 6.29 Å². The Morgan fingerprint density at radius 1 is 0.755 bits per heavy atom. The van der Waals surface area contributed by atoms with Gasteiger partial charge in [0.05, 0.1) is 29.9 Å². The molecule has 4 heterocycles. The molecule has 5 aromatic rings. The minimum Gasteiger partial charge on any atom is -0.392 e. The zero-order valence-electron chi connectivity index (χ0n) is 28.7. The number of anilines is 2. The number of aromatic nitrogens is 2. The third-order valence-electron chi connectivity index (χ3n) is 9.94. The van der Waals surface area contributed by atoms with Crippen molar-refractivity contribution in [2.45, 2.75) is 31.0 Å². The molecule has 0 spiro atoms. The lowest BCUT2D eigenvalue weighted by atomic mass is 9.83. The molecule has 12 heteroatoms. The number of ether oxygens (including phenoxy) is 3. The van der Waals surface area contributed by atoms with Crippen molar-refractivity contribution >= 4 is 29.5 Å². The number of benzene rings is 4. The summed E-state index contributed by atoms with van der Waals surface area (Å²) >= 11 is 0. The van der Waals surface area contributed by atoms with Gasteiger partial charge in [-0.1, -0.05) is 66.7 Å². The number of piperazine rings is 1. The number of hydrogen-bond donors (Lipinski definition) is 2. The van der Waals surface area contributed by atoms with E-state index in [4.69, 9.17) is 9.47 Å². The first kappa shape index (κ1) is 34.3. The van der Waals surface area contributed by atoms with E-state index in [2.05, 4.69) is 42.0 Å². The Hall–Kier alpha value is -5.79. The van der Waals surface area contributed by atoms with Crippen LogP contribution in [0.15, 0.2) is 116 Å². The number of hydrogen-bond acceptors (Lipinski definition) is 11. The van der Waals surface area contributed by atoms with Gasteiger partial charge in [-0.3, -0.25) is 9.69 Å². The van der Waals surface area contributed by atoms with Crippen molar-refractivity contribution < 1.29 is 33.7 Å². The summed E-state index contributed by atoms with van der Waals surface area (Å²) in [5, 5.41) is 12.7. The largest absolute Gasteiger partial charge is 0.392 e. The van der Waals surface area contributed by atoms with Crippen molar-refractivity contribution in [3.05, 3.63) is 154 Å². The second-order valence-electron chi connectivity index (χ2n) is 13.3. The van der Waals surface area contributed by atoms with Crippen LogP contribution in [0.2, 0.25) is 0 Å². The number of rotatable bonds is 9. The predicted molar refractivity (Wildman–Crippen MR) is 194 cm³/mol. The average Bonchev–Trinajstić information content (AvgIpc) is 3.50. The highest BCUT2D eigenvalue weighted by Gasteiger charge is 2.43. The fourth-order valence-corrected chi connectivity index (χ4v) is 7.20. The second-order valence-corrected chi connectivity index (χ2v) is 13.3. The van der Waals surface area contributed by atoms with Crippen LogP contribution < -0.4 is 10.2 Å². The van der Waals surface area contributed by atoms with E-state index in [1.165, 1.54) is 18.2 Å². The lowest BCUT2D eigenvalue weighted by molar-refractivity contribution is -0.263. The van der Waals surface area contributed by atoms with Crippen LogP contribution in [0.1, 0.15) is 71.6 Å². The van der Waals surface area contributed by atoms with Crippen LogP contribution in [0.4, 0.5) is 11.6 Å². The molecule has 1 aromatic heterocycles. The molecular weight excluding hydrogens is 674 g/mol. The summed E-state index contributed by atoms with van der Waals surface area (Å²) in [5.41, 5.74) is 4.48. The zero-order valence-corrected chi connectivity index (χ0v) is 28.7. The Labute approximate surface area is 306 Å². The van der Waals surface area contributed by atoms with E-state index in [-0.39, 0.29) is 35.3 Å². The maximum absolute atomic E-state index is 13.3. The minimum atomic E-state index is -0.779. The van der Waals surface area contributed by atoms with Gasteiger partial charge in [0.1, 0.15) is 0 Å². The molecule has 2 saturated heterocycles. The van der Waals surface area contributed by atoms with Gasteiger partial charge in [0.2, 0.25) is 5.95 Å². The van der Waals surface area contributed by atoms with Gasteiger partial charge in [-0.25, -0.2) is 19.6 Å². The molecule has 4 aromatic carbocycles. The Morgan fingerprint density at radius 2 is 1.49 bits per heavy atom. The SMILES string of the molecule is O=C(Nc1cccc(C2OC(CN3CCN(c4ncccn4)CC3)C(c3ccccc3)C(c3ccc(CO)cc3)O2)c1)c1ccc2c(c1)C(=O)OC2=O. The molecule has 2 N–H and O–H groups in total. The van der Waals surface area contributed by atoms with E-state index in [9.17, 15) is 19.5 Å². The molecule has 3 aliphatic heterocycles. The van der Waals surface area contributed by atoms with Crippen LogP contribution in [0, 0.1) is 0 Å². The molecule has 0 bridgehead atoms. The van der Waals surface area contributed by atoms with Gasteiger partial charge < -0.3 is 29.5 Å². The van der Waals surface area contributed by atoms with E-state index in [1.807, 2.05) is 66.7 Å². The second kappa shape index (κ2) is 15.1. The highest BCUT2D eigenvalue weighted by molar-refractivity contribution is 6.16. The predicted octanol–water partition coefficient (Wildman–Crippen LogP) is 5.29. The van der Waals surface area contributed by atoms with Gasteiger partial charge in [0.25, 0.3) is 5.91 Å². The topological polar surface area (TPSA) is 143 Å². The quantitative estimate of drug-likeness (QED) is 0.152. The van der Waals surface area contributed by atoms with Crippen LogP contribution >= 0.6 is 0 Å². The molecule has 0 aliphatic carbocycles. The molecule has 3 aliphatic rings. The normalized spacial score (nSPS) is 21.6. The number of fused-ring (bicyclic) bond motifs is 1. The van der Waals surface area contributed by atoms with Gasteiger partial charge in [-0.2, -0.15) is 0 Å². The monoisotopic (exact) mass is 711 g/mol. The fraction of sp³-hybridized carbons (Fsp3) is 0.244. The summed E-state index contributed by atoms with van der Waals surface area (Å²) in [5.74, 6) is -1.39. The number of cyclic esters (lactones) is 2. The number of nitrogens with zero attached hydrogens (tertiary/aromatic N) is 4. The standard InChI is InChI=1S/C41H37N5O7/c47-25-26-10-12-28(13-11-26)36-35(27-6-2-1-3-7-27)34(24-45-18-20-46(21-19-45)41-42-16-5-17-43-41)51-40(52-36)30-8-4-9-31(22-30)44-37(48)29-14-15-32-33(23-29)39(50)53-38(32)49/h1-17,22-23,34-36,40,47H,18-21,24-25H2,(H,44,48). The number of carbonyl (C=O) groups excluding carboxylic acids is 3. The highest BCUT2D eigenvalue weighted by atomic mass is 16.7. The maximum atomic E-state index is 13.3. The van der Waals surface area contributed by atoms with Crippen molar-refractivity contribution in [3.8, 4) is 0 Å². The number of amides is 1. The molecule has 53 heavy (non-hydrogen) atoms. The smallest absolute Gasteiger partial charge is 0.346 e. The molecule has 0 radical (unpaired) electrons. The number of carbonyl (C=O) groups is 3. The Balaban J connectivity index is 1.08. The van der Waals surface area contributed by atoms with Crippen molar-refractivity contribution in [1.82, 2.24) is 14.9 Å². The van der Waals surface area contributed by atoms with Crippen molar-refractivity contribution in [2.75, 3.05) is 42.9 Å². The molecule has 8 rings (SSSR count). The molecule has 2 fully saturated rings. The van der Waals surface area contributed by atoms with Crippen LogP contribution in [-0.4, -0.2) is 76.6 Å². The minimum absolute atomic E-state index is 0.0611. The van der Waals surface area contributed by atoms with Gasteiger partial charge in [-0.15, -0.1) is 0 Å².